The second-order valence-corrected chi connectivity index (χ2v) is 5.32. The molecule has 3 aromatic heterocycles. The van der Waals surface area contributed by atoms with E-state index in [2.05, 4.69) is 25.5 Å². The van der Waals surface area contributed by atoms with Gasteiger partial charge in [0.15, 0.2) is 10.8 Å². The first-order chi connectivity index (χ1) is 9.24. The van der Waals surface area contributed by atoms with Gasteiger partial charge in [-0.05, 0) is 13.3 Å². The number of fused-ring (bicyclic) bond motifs is 1. The number of hydrogen-bond acceptors (Lipinski definition) is 6. The van der Waals surface area contributed by atoms with Gasteiger partial charge in [0.1, 0.15) is 12.7 Å². The minimum absolute atomic E-state index is 0.860. The highest BCUT2D eigenvalue weighted by Gasteiger charge is 2.11. The molecule has 0 saturated heterocycles. The van der Waals surface area contributed by atoms with E-state index in [0.29, 0.717) is 0 Å². The van der Waals surface area contributed by atoms with Crippen LogP contribution in [0.15, 0.2) is 12.7 Å². The number of nitrogens with zero attached hydrogens (tertiary/aromatic N) is 6. The van der Waals surface area contributed by atoms with Crippen LogP contribution in [-0.2, 0) is 13.6 Å². The van der Waals surface area contributed by atoms with Gasteiger partial charge in [0.2, 0.25) is 0 Å². The van der Waals surface area contributed by atoms with Gasteiger partial charge in [-0.3, -0.25) is 4.68 Å². The van der Waals surface area contributed by atoms with Gasteiger partial charge in [0.25, 0.3) is 0 Å². The molecule has 8 heteroatoms. The Bertz CT molecular complexity index is 632. The monoisotopic (exact) mass is 277 g/mol. The van der Waals surface area contributed by atoms with Gasteiger partial charge in [-0.15, -0.1) is 0 Å². The quantitative estimate of drug-likeness (QED) is 0.714. The average molecular weight is 277 g/mol. The van der Waals surface area contributed by atoms with Crippen LogP contribution < -0.4 is 5.32 Å². The van der Waals surface area contributed by atoms with Crippen molar-refractivity contribution in [1.82, 2.24) is 29.5 Å². The van der Waals surface area contributed by atoms with E-state index in [-0.39, 0.29) is 0 Å². The number of hydrogen-bond donors (Lipinski definition) is 1. The molecule has 0 aliphatic carbocycles. The van der Waals surface area contributed by atoms with Gasteiger partial charge in [0.05, 0.1) is 10.4 Å². The molecule has 0 spiro atoms. The van der Waals surface area contributed by atoms with Crippen molar-refractivity contribution in [1.29, 1.82) is 0 Å². The van der Waals surface area contributed by atoms with E-state index in [1.165, 1.54) is 0 Å². The van der Waals surface area contributed by atoms with Crippen molar-refractivity contribution in [3.8, 4) is 0 Å². The Morgan fingerprint density at radius 2 is 2.32 bits per heavy atom. The van der Waals surface area contributed by atoms with Gasteiger partial charge in [-0.2, -0.15) is 10.2 Å². The lowest BCUT2D eigenvalue weighted by Gasteiger charge is -2.02. The maximum absolute atomic E-state index is 4.54. The molecule has 0 aliphatic heterocycles. The van der Waals surface area contributed by atoms with E-state index in [9.17, 15) is 0 Å². The first kappa shape index (κ1) is 12.1. The standard InChI is InChI=1S/C11H15N7S/c1-8-9-10(17(2)16-8)15-11(19-9)13-4-3-5-18-7-12-6-14-18/h6-7H,3-5H2,1-2H3,(H,13,15). The van der Waals surface area contributed by atoms with Gasteiger partial charge >= 0.3 is 0 Å². The Morgan fingerprint density at radius 3 is 3.05 bits per heavy atom. The SMILES string of the molecule is Cc1nn(C)c2nc(NCCCn3cncn3)sc12. The lowest BCUT2D eigenvalue weighted by atomic mass is 10.4. The third kappa shape index (κ3) is 2.43. The summed E-state index contributed by atoms with van der Waals surface area (Å²) in [4.78, 5) is 8.45. The summed E-state index contributed by atoms with van der Waals surface area (Å²) in [5.74, 6) is 0. The summed E-state index contributed by atoms with van der Waals surface area (Å²) >= 11 is 1.65. The predicted molar refractivity (Wildman–Crippen MR) is 74.3 cm³/mol. The van der Waals surface area contributed by atoms with Crippen LogP contribution in [0.4, 0.5) is 5.13 Å². The number of thiazole rings is 1. The van der Waals surface area contributed by atoms with Crippen molar-refractivity contribution in [3.05, 3.63) is 18.3 Å². The molecule has 19 heavy (non-hydrogen) atoms. The van der Waals surface area contributed by atoms with E-state index < -0.39 is 0 Å². The van der Waals surface area contributed by atoms with E-state index in [1.807, 2.05) is 23.3 Å². The Kier molecular flexibility index (Phi) is 3.16. The molecule has 0 atom stereocenters. The van der Waals surface area contributed by atoms with Crippen LogP contribution in [0.25, 0.3) is 10.3 Å². The van der Waals surface area contributed by atoms with Crippen LogP contribution in [0.1, 0.15) is 12.1 Å². The third-order valence-electron chi connectivity index (χ3n) is 2.85. The Morgan fingerprint density at radius 1 is 1.42 bits per heavy atom. The summed E-state index contributed by atoms with van der Waals surface area (Å²) in [5, 5.41) is 12.7. The fraction of sp³-hybridized carbons (Fsp3) is 0.455. The predicted octanol–water partition coefficient (Wildman–Crippen LogP) is 1.43. The second-order valence-electron chi connectivity index (χ2n) is 4.32. The summed E-state index contributed by atoms with van der Waals surface area (Å²) in [6.45, 7) is 3.74. The fourth-order valence-electron chi connectivity index (χ4n) is 1.95. The van der Waals surface area contributed by atoms with Crippen LogP contribution in [0.5, 0.6) is 0 Å². The molecule has 3 rings (SSSR count). The smallest absolute Gasteiger partial charge is 0.185 e. The van der Waals surface area contributed by atoms with E-state index in [1.54, 1.807) is 24.0 Å². The van der Waals surface area contributed by atoms with Crippen molar-refractivity contribution < 1.29 is 0 Å². The van der Waals surface area contributed by atoms with Gasteiger partial charge in [0, 0.05) is 20.1 Å². The molecular weight excluding hydrogens is 262 g/mol. The van der Waals surface area contributed by atoms with Crippen molar-refractivity contribution in [2.45, 2.75) is 19.9 Å². The molecule has 1 N–H and O–H groups in total. The maximum Gasteiger partial charge on any atom is 0.185 e. The zero-order valence-corrected chi connectivity index (χ0v) is 11.7. The summed E-state index contributed by atoms with van der Waals surface area (Å²) in [6, 6.07) is 0. The molecule has 0 bridgehead atoms. The Hall–Kier alpha value is -1.96. The highest BCUT2D eigenvalue weighted by atomic mass is 32.1. The largest absolute Gasteiger partial charge is 0.361 e. The first-order valence-electron chi connectivity index (χ1n) is 6.10. The Labute approximate surface area is 114 Å². The third-order valence-corrected chi connectivity index (χ3v) is 3.96. The molecule has 0 amide bonds. The summed E-state index contributed by atoms with van der Waals surface area (Å²) < 4.78 is 4.80. The second kappa shape index (κ2) is 4.96. The maximum atomic E-state index is 4.54. The number of rotatable bonds is 5. The summed E-state index contributed by atoms with van der Waals surface area (Å²) in [6.07, 6.45) is 4.26. The fourth-order valence-corrected chi connectivity index (χ4v) is 2.90. The average Bonchev–Trinajstić information content (AvgIpc) is 3.07. The van der Waals surface area contributed by atoms with Crippen molar-refractivity contribution in [2.24, 2.45) is 7.05 Å². The number of nitrogens with one attached hydrogen (secondary N) is 1. The van der Waals surface area contributed by atoms with Gasteiger partial charge in [-0.1, -0.05) is 11.3 Å². The summed E-state index contributed by atoms with van der Waals surface area (Å²) in [5.41, 5.74) is 1.98. The molecule has 0 unspecified atom stereocenters. The minimum atomic E-state index is 0.860. The molecular formula is C11H15N7S. The van der Waals surface area contributed by atoms with Crippen LogP contribution in [0.2, 0.25) is 0 Å². The lowest BCUT2D eigenvalue weighted by Crippen LogP contribution is -2.07. The van der Waals surface area contributed by atoms with E-state index in [4.69, 9.17) is 0 Å². The van der Waals surface area contributed by atoms with Crippen molar-refractivity contribution in [2.75, 3.05) is 11.9 Å². The van der Waals surface area contributed by atoms with E-state index >= 15 is 0 Å². The molecule has 3 aromatic rings. The minimum Gasteiger partial charge on any atom is -0.361 e. The highest BCUT2D eigenvalue weighted by Crippen LogP contribution is 2.27. The summed E-state index contributed by atoms with van der Waals surface area (Å²) in [7, 11) is 1.92. The highest BCUT2D eigenvalue weighted by molar-refractivity contribution is 7.22. The van der Waals surface area contributed by atoms with Crippen molar-refractivity contribution >= 4 is 26.8 Å². The zero-order chi connectivity index (χ0) is 13.2. The molecule has 100 valence electrons. The normalized spacial score (nSPS) is 11.3. The van der Waals surface area contributed by atoms with Crippen LogP contribution in [0, 0.1) is 6.92 Å². The topological polar surface area (TPSA) is 73.5 Å². The molecule has 0 saturated carbocycles. The van der Waals surface area contributed by atoms with Crippen molar-refractivity contribution in [3.63, 3.8) is 0 Å². The zero-order valence-electron chi connectivity index (χ0n) is 10.9. The number of aryl methyl sites for hydroxylation is 3. The van der Waals surface area contributed by atoms with Crippen LogP contribution in [0.3, 0.4) is 0 Å². The molecule has 3 heterocycles. The van der Waals surface area contributed by atoms with Crippen LogP contribution in [-0.4, -0.2) is 36.1 Å². The van der Waals surface area contributed by atoms with Gasteiger partial charge in [-0.25, -0.2) is 14.6 Å². The van der Waals surface area contributed by atoms with E-state index in [0.717, 1.165) is 40.7 Å². The molecule has 7 nitrogen and oxygen atoms in total. The Balaban J connectivity index is 1.58. The van der Waals surface area contributed by atoms with Gasteiger partial charge < -0.3 is 5.32 Å². The lowest BCUT2D eigenvalue weighted by molar-refractivity contribution is 0.590. The molecule has 0 aromatic carbocycles. The number of aromatic nitrogens is 6. The molecule has 0 radical (unpaired) electrons. The molecule has 0 aliphatic rings. The molecule has 0 fully saturated rings. The first-order valence-corrected chi connectivity index (χ1v) is 6.92. The number of anilines is 1. The van der Waals surface area contributed by atoms with Crippen LogP contribution >= 0.6 is 11.3 Å².